The van der Waals surface area contributed by atoms with Gasteiger partial charge in [0.1, 0.15) is 0 Å². The molecule has 0 amide bonds. The molecule has 3 rings (SSSR count). The predicted octanol–water partition coefficient (Wildman–Crippen LogP) is 3.81. The van der Waals surface area contributed by atoms with Crippen molar-refractivity contribution in [3.63, 3.8) is 0 Å². The third-order valence-electron chi connectivity index (χ3n) is 6.22. The second kappa shape index (κ2) is 6.36. The predicted molar refractivity (Wildman–Crippen MR) is 86.0 cm³/mol. The van der Waals surface area contributed by atoms with Crippen LogP contribution < -0.4 is 5.32 Å². The Morgan fingerprint density at radius 2 is 1.85 bits per heavy atom. The standard InChI is InChI=1S/C18H34N2/c1-18(2)10-3-7-16(9-11-18)20-13-5-6-15(14-20)17-8-4-12-19-17/h15-17,19H,3-14H2,1-2H3. The van der Waals surface area contributed by atoms with Crippen LogP contribution >= 0.6 is 0 Å². The molecule has 0 spiro atoms. The molecule has 0 aromatic rings. The molecule has 1 N–H and O–H groups in total. The van der Waals surface area contributed by atoms with Gasteiger partial charge in [-0.05, 0) is 75.8 Å². The van der Waals surface area contributed by atoms with Gasteiger partial charge in [-0.25, -0.2) is 0 Å². The van der Waals surface area contributed by atoms with Crippen molar-refractivity contribution in [1.82, 2.24) is 10.2 Å². The average Bonchev–Trinajstić information content (AvgIpc) is 2.90. The first-order valence-corrected chi connectivity index (χ1v) is 9.11. The Balaban J connectivity index is 1.56. The molecule has 3 fully saturated rings. The van der Waals surface area contributed by atoms with Gasteiger partial charge in [0, 0.05) is 18.6 Å². The third-order valence-corrected chi connectivity index (χ3v) is 6.22. The van der Waals surface area contributed by atoms with Crippen LogP contribution in [0.3, 0.4) is 0 Å². The number of nitrogens with zero attached hydrogens (tertiary/aromatic N) is 1. The monoisotopic (exact) mass is 278 g/mol. The minimum atomic E-state index is 0.594. The Kier molecular flexibility index (Phi) is 4.72. The van der Waals surface area contributed by atoms with Gasteiger partial charge in [-0.3, -0.25) is 0 Å². The van der Waals surface area contributed by atoms with E-state index in [1.807, 2.05) is 0 Å². The van der Waals surface area contributed by atoms with Crippen molar-refractivity contribution < 1.29 is 0 Å². The molecule has 3 unspecified atom stereocenters. The first-order valence-electron chi connectivity index (χ1n) is 9.11. The molecule has 0 bridgehead atoms. The fraction of sp³-hybridized carbons (Fsp3) is 1.00. The van der Waals surface area contributed by atoms with Crippen molar-refractivity contribution in [2.45, 2.75) is 83.7 Å². The van der Waals surface area contributed by atoms with Gasteiger partial charge in [-0.15, -0.1) is 0 Å². The first-order chi connectivity index (χ1) is 9.64. The molecular formula is C18H34N2. The lowest BCUT2D eigenvalue weighted by atomic mass is 9.85. The van der Waals surface area contributed by atoms with E-state index in [1.165, 1.54) is 77.4 Å². The van der Waals surface area contributed by atoms with Crippen molar-refractivity contribution in [3.8, 4) is 0 Å². The highest BCUT2D eigenvalue weighted by Gasteiger charge is 2.33. The van der Waals surface area contributed by atoms with Crippen LogP contribution in [-0.4, -0.2) is 36.6 Å². The summed E-state index contributed by atoms with van der Waals surface area (Å²) in [4.78, 5) is 2.87. The maximum atomic E-state index is 3.75. The highest BCUT2D eigenvalue weighted by molar-refractivity contribution is 4.89. The van der Waals surface area contributed by atoms with E-state index < -0.39 is 0 Å². The molecule has 3 aliphatic rings. The van der Waals surface area contributed by atoms with E-state index in [4.69, 9.17) is 0 Å². The normalized spacial score (nSPS) is 39.6. The van der Waals surface area contributed by atoms with Gasteiger partial charge in [0.05, 0.1) is 0 Å². The van der Waals surface area contributed by atoms with E-state index >= 15 is 0 Å². The van der Waals surface area contributed by atoms with Gasteiger partial charge in [0.2, 0.25) is 0 Å². The largest absolute Gasteiger partial charge is 0.314 e. The van der Waals surface area contributed by atoms with E-state index in [2.05, 4.69) is 24.1 Å². The number of rotatable bonds is 2. The van der Waals surface area contributed by atoms with E-state index in [1.54, 1.807) is 0 Å². The number of nitrogens with one attached hydrogen (secondary N) is 1. The van der Waals surface area contributed by atoms with Gasteiger partial charge < -0.3 is 10.2 Å². The van der Waals surface area contributed by atoms with Crippen LogP contribution in [-0.2, 0) is 0 Å². The fourth-order valence-electron chi connectivity index (χ4n) is 4.82. The number of piperidine rings is 1. The first kappa shape index (κ1) is 14.8. The van der Waals surface area contributed by atoms with E-state index in [0.29, 0.717) is 5.41 Å². The van der Waals surface area contributed by atoms with Crippen LogP contribution in [0.1, 0.15) is 71.6 Å². The Morgan fingerprint density at radius 3 is 2.65 bits per heavy atom. The lowest BCUT2D eigenvalue weighted by Crippen LogP contribution is -2.47. The van der Waals surface area contributed by atoms with Crippen LogP contribution in [0.2, 0.25) is 0 Å². The molecule has 0 aromatic heterocycles. The summed E-state index contributed by atoms with van der Waals surface area (Å²) in [6.45, 7) is 8.95. The van der Waals surface area contributed by atoms with Crippen molar-refractivity contribution in [2.75, 3.05) is 19.6 Å². The number of hydrogen-bond donors (Lipinski definition) is 1. The van der Waals surface area contributed by atoms with E-state index in [-0.39, 0.29) is 0 Å². The van der Waals surface area contributed by atoms with Crippen LogP contribution in [0, 0.1) is 11.3 Å². The van der Waals surface area contributed by atoms with Gasteiger partial charge >= 0.3 is 0 Å². The molecule has 2 heterocycles. The SMILES string of the molecule is CC1(C)CCCC(N2CCCC(C3CCCN3)C2)CC1. The summed E-state index contributed by atoms with van der Waals surface area (Å²) >= 11 is 0. The molecule has 0 radical (unpaired) electrons. The van der Waals surface area contributed by atoms with Gasteiger partial charge in [0.15, 0.2) is 0 Å². The van der Waals surface area contributed by atoms with Crippen LogP contribution in [0.4, 0.5) is 0 Å². The minimum Gasteiger partial charge on any atom is -0.314 e. The summed E-state index contributed by atoms with van der Waals surface area (Å²) in [6.07, 6.45) is 12.9. The Labute approximate surface area is 125 Å². The highest BCUT2D eigenvalue weighted by atomic mass is 15.2. The maximum Gasteiger partial charge on any atom is 0.0108 e. The maximum absolute atomic E-state index is 3.75. The van der Waals surface area contributed by atoms with Crippen molar-refractivity contribution >= 4 is 0 Å². The van der Waals surface area contributed by atoms with Crippen molar-refractivity contribution in [2.24, 2.45) is 11.3 Å². The number of hydrogen-bond acceptors (Lipinski definition) is 2. The Morgan fingerprint density at radius 1 is 0.950 bits per heavy atom. The second-order valence-corrected chi connectivity index (χ2v) is 8.35. The zero-order chi connectivity index (χ0) is 14.0. The van der Waals surface area contributed by atoms with Crippen LogP contribution in [0.5, 0.6) is 0 Å². The molecule has 2 heteroatoms. The zero-order valence-corrected chi connectivity index (χ0v) is 13.7. The smallest absolute Gasteiger partial charge is 0.0108 e. The van der Waals surface area contributed by atoms with Crippen molar-refractivity contribution in [3.05, 3.63) is 0 Å². The number of likely N-dealkylation sites (tertiary alicyclic amines) is 1. The molecule has 116 valence electrons. The van der Waals surface area contributed by atoms with Gasteiger partial charge in [0.25, 0.3) is 0 Å². The summed E-state index contributed by atoms with van der Waals surface area (Å²) in [7, 11) is 0. The average molecular weight is 278 g/mol. The fourth-order valence-corrected chi connectivity index (χ4v) is 4.82. The summed E-state index contributed by atoms with van der Waals surface area (Å²) in [5.41, 5.74) is 0.594. The zero-order valence-electron chi connectivity index (χ0n) is 13.7. The van der Waals surface area contributed by atoms with Gasteiger partial charge in [-0.2, -0.15) is 0 Å². The summed E-state index contributed by atoms with van der Waals surface area (Å²) < 4.78 is 0. The Hall–Kier alpha value is -0.0800. The lowest BCUT2D eigenvalue weighted by molar-refractivity contribution is 0.0967. The van der Waals surface area contributed by atoms with Crippen molar-refractivity contribution in [1.29, 1.82) is 0 Å². The highest BCUT2D eigenvalue weighted by Crippen LogP contribution is 2.36. The molecule has 0 aromatic carbocycles. The lowest BCUT2D eigenvalue weighted by Gasteiger charge is -2.40. The van der Waals surface area contributed by atoms with Crippen LogP contribution in [0.15, 0.2) is 0 Å². The summed E-state index contributed by atoms with van der Waals surface area (Å²) in [5, 5.41) is 3.75. The summed E-state index contributed by atoms with van der Waals surface area (Å²) in [6, 6.07) is 1.72. The minimum absolute atomic E-state index is 0.594. The van der Waals surface area contributed by atoms with E-state index in [0.717, 1.165) is 18.0 Å². The topological polar surface area (TPSA) is 15.3 Å². The summed E-state index contributed by atoms with van der Waals surface area (Å²) in [5.74, 6) is 0.933. The molecule has 1 aliphatic carbocycles. The molecule has 3 atom stereocenters. The molecule has 2 aliphatic heterocycles. The molecule has 2 nitrogen and oxygen atoms in total. The molecule has 20 heavy (non-hydrogen) atoms. The quantitative estimate of drug-likeness (QED) is 0.773. The van der Waals surface area contributed by atoms with E-state index in [9.17, 15) is 0 Å². The third kappa shape index (κ3) is 3.57. The van der Waals surface area contributed by atoms with Crippen LogP contribution in [0.25, 0.3) is 0 Å². The Bertz CT molecular complexity index is 307. The van der Waals surface area contributed by atoms with Gasteiger partial charge in [-0.1, -0.05) is 20.3 Å². The molecule has 1 saturated carbocycles. The molecule has 2 saturated heterocycles. The second-order valence-electron chi connectivity index (χ2n) is 8.35. The molecular weight excluding hydrogens is 244 g/mol.